The highest BCUT2D eigenvalue weighted by atomic mass is 32.1. The molecule has 9 nitrogen and oxygen atoms in total. The molecule has 0 radical (unpaired) electrons. The molecule has 0 aliphatic carbocycles. The van der Waals surface area contributed by atoms with Gasteiger partial charge in [-0.3, -0.25) is 29.6 Å². The third kappa shape index (κ3) is 3.48. The zero-order valence-electron chi connectivity index (χ0n) is 11.2. The van der Waals surface area contributed by atoms with Crippen molar-refractivity contribution in [2.24, 2.45) is 0 Å². The first kappa shape index (κ1) is 14.8. The third-order valence-electron chi connectivity index (χ3n) is 2.59. The van der Waals surface area contributed by atoms with Crippen molar-refractivity contribution in [1.29, 1.82) is 0 Å². The second-order valence-corrected chi connectivity index (χ2v) is 5.42. The molecule has 0 atom stereocenters. The summed E-state index contributed by atoms with van der Waals surface area (Å²) in [7, 11) is 0. The molecule has 0 spiro atoms. The number of rotatable bonds is 4. The Morgan fingerprint density at radius 1 is 1.48 bits per heavy atom. The molecule has 0 unspecified atom stereocenters. The number of anilines is 1. The van der Waals surface area contributed by atoms with E-state index in [0.29, 0.717) is 10.1 Å². The molecular formula is C11H11N5O4S. The summed E-state index contributed by atoms with van der Waals surface area (Å²) < 4.78 is 0.981. The molecule has 0 aliphatic rings. The van der Waals surface area contributed by atoms with Gasteiger partial charge < -0.3 is 0 Å². The van der Waals surface area contributed by atoms with Crippen molar-refractivity contribution in [2.45, 2.75) is 20.4 Å². The molecule has 0 bridgehead atoms. The Labute approximate surface area is 122 Å². The quantitative estimate of drug-likeness (QED) is 0.660. The van der Waals surface area contributed by atoms with Gasteiger partial charge in [0.25, 0.3) is 11.2 Å². The maximum Gasteiger partial charge on any atom is 0.288 e. The number of amides is 1. The highest BCUT2D eigenvalue weighted by Gasteiger charge is 2.15. The Morgan fingerprint density at radius 3 is 2.76 bits per heavy atom. The highest BCUT2D eigenvalue weighted by Crippen LogP contribution is 2.15. The lowest BCUT2D eigenvalue weighted by molar-refractivity contribution is -0.385. The average Bonchev–Trinajstić information content (AvgIpc) is 2.77. The first-order chi connectivity index (χ1) is 9.86. The minimum Gasteiger partial charge on any atom is -0.299 e. The van der Waals surface area contributed by atoms with Crippen LogP contribution in [0.4, 0.5) is 10.8 Å². The van der Waals surface area contributed by atoms with Gasteiger partial charge in [-0.1, -0.05) is 11.3 Å². The Hall–Kier alpha value is -2.62. The van der Waals surface area contributed by atoms with E-state index >= 15 is 0 Å². The minimum atomic E-state index is -0.600. The van der Waals surface area contributed by atoms with Crippen LogP contribution in [-0.2, 0) is 11.3 Å². The van der Waals surface area contributed by atoms with Gasteiger partial charge in [0.05, 0.1) is 11.1 Å². The van der Waals surface area contributed by atoms with Crippen LogP contribution in [0.3, 0.4) is 0 Å². The fraction of sp³-hybridized carbons (Fsp3) is 0.273. The molecule has 2 rings (SSSR count). The van der Waals surface area contributed by atoms with E-state index in [-0.39, 0.29) is 17.8 Å². The predicted octanol–water partition coefficient (Wildman–Crippen LogP) is 0.864. The predicted molar refractivity (Wildman–Crippen MR) is 75.4 cm³/mol. The maximum absolute atomic E-state index is 11.8. The van der Waals surface area contributed by atoms with Crippen molar-refractivity contribution in [2.75, 3.05) is 5.32 Å². The Morgan fingerprint density at radius 2 is 2.19 bits per heavy atom. The summed E-state index contributed by atoms with van der Waals surface area (Å²) in [4.78, 5) is 33.8. The molecule has 0 saturated carbocycles. The van der Waals surface area contributed by atoms with Gasteiger partial charge in [0.15, 0.2) is 0 Å². The van der Waals surface area contributed by atoms with Crippen molar-refractivity contribution < 1.29 is 9.72 Å². The molecule has 2 aromatic heterocycles. The van der Waals surface area contributed by atoms with E-state index in [1.165, 1.54) is 18.3 Å². The largest absolute Gasteiger partial charge is 0.299 e. The number of hydrogen-bond acceptors (Lipinski definition) is 7. The Bertz CT molecular complexity index is 766. The monoisotopic (exact) mass is 309 g/mol. The molecule has 1 N–H and O–H groups in total. The van der Waals surface area contributed by atoms with Crippen LogP contribution in [0.25, 0.3) is 0 Å². The molecule has 2 aromatic rings. The van der Waals surface area contributed by atoms with E-state index in [1.54, 1.807) is 6.92 Å². The van der Waals surface area contributed by atoms with Crippen LogP contribution in [0, 0.1) is 24.0 Å². The first-order valence-corrected chi connectivity index (χ1v) is 6.64. The number of aryl methyl sites for hydroxylation is 2. The van der Waals surface area contributed by atoms with Crippen molar-refractivity contribution in [3.63, 3.8) is 0 Å². The van der Waals surface area contributed by atoms with E-state index in [2.05, 4.69) is 15.5 Å². The Balaban J connectivity index is 2.19. The lowest BCUT2D eigenvalue weighted by Crippen LogP contribution is -2.27. The lowest BCUT2D eigenvalue weighted by atomic mass is 10.2. The zero-order chi connectivity index (χ0) is 15.6. The smallest absolute Gasteiger partial charge is 0.288 e. The first-order valence-electron chi connectivity index (χ1n) is 5.82. The van der Waals surface area contributed by atoms with Gasteiger partial charge in [0.1, 0.15) is 11.6 Å². The number of nitrogens with one attached hydrogen (secondary N) is 1. The summed E-state index contributed by atoms with van der Waals surface area (Å²) in [6.07, 6.45) is 1.06. The number of aromatic nitrogens is 3. The summed E-state index contributed by atoms with van der Waals surface area (Å²) >= 11 is 1.19. The van der Waals surface area contributed by atoms with E-state index in [9.17, 15) is 19.7 Å². The molecule has 0 saturated heterocycles. The maximum atomic E-state index is 11.8. The normalized spacial score (nSPS) is 10.4. The second kappa shape index (κ2) is 5.79. The minimum absolute atomic E-state index is 0.214. The number of hydrogen-bond donors (Lipinski definition) is 1. The van der Waals surface area contributed by atoms with E-state index in [0.717, 1.165) is 16.8 Å². The van der Waals surface area contributed by atoms with Crippen molar-refractivity contribution in [3.8, 4) is 0 Å². The third-order valence-corrected chi connectivity index (χ3v) is 3.34. The molecule has 0 aromatic carbocycles. The van der Waals surface area contributed by atoms with Gasteiger partial charge in [0.2, 0.25) is 11.0 Å². The number of nitro groups is 1. The fourth-order valence-electron chi connectivity index (χ4n) is 1.63. The molecule has 2 heterocycles. The van der Waals surface area contributed by atoms with Crippen LogP contribution < -0.4 is 10.9 Å². The summed E-state index contributed by atoms with van der Waals surface area (Å²) in [5, 5.41) is 21.8. The van der Waals surface area contributed by atoms with Crippen molar-refractivity contribution in [3.05, 3.63) is 43.3 Å². The van der Waals surface area contributed by atoms with Gasteiger partial charge in [-0.15, -0.1) is 10.2 Å². The molecule has 0 fully saturated rings. The SMILES string of the molecule is Cc1nnc(NC(=O)Cn2cc([N+](=O)[O-])c(C)cc2=O)s1. The van der Waals surface area contributed by atoms with Gasteiger partial charge in [-0.25, -0.2) is 0 Å². The van der Waals surface area contributed by atoms with E-state index in [1.807, 2.05) is 0 Å². The fourth-order valence-corrected chi connectivity index (χ4v) is 2.24. The summed E-state index contributed by atoms with van der Waals surface area (Å²) in [6, 6.07) is 1.13. The van der Waals surface area contributed by atoms with Crippen molar-refractivity contribution >= 4 is 28.1 Å². The van der Waals surface area contributed by atoms with E-state index in [4.69, 9.17) is 0 Å². The van der Waals surface area contributed by atoms with Crippen molar-refractivity contribution in [1.82, 2.24) is 14.8 Å². The second-order valence-electron chi connectivity index (χ2n) is 4.24. The number of pyridine rings is 1. The van der Waals surface area contributed by atoms with Crippen LogP contribution in [0.15, 0.2) is 17.1 Å². The van der Waals surface area contributed by atoms with Crippen LogP contribution in [0.1, 0.15) is 10.6 Å². The van der Waals surface area contributed by atoms with Gasteiger partial charge in [-0.05, 0) is 13.8 Å². The summed E-state index contributed by atoms with van der Waals surface area (Å²) in [5.74, 6) is -0.508. The lowest BCUT2D eigenvalue weighted by Gasteiger charge is -2.06. The topological polar surface area (TPSA) is 120 Å². The van der Waals surface area contributed by atoms with Crippen LogP contribution >= 0.6 is 11.3 Å². The molecule has 10 heteroatoms. The highest BCUT2D eigenvalue weighted by molar-refractivity contribution is 7.15. The Kier molecular flexibility index (Phi) is 4.08. The van der Waals surface area contributed by atoms with Crippen LogP contribution in [0.5, 0.6) is 0 Å². The number of carbonyl (C=O) groups is 1. The van der Waals surface area contributed by atoms with Crippen LogP contribution in [0.2, 0.25) is 0 Å². The standard InChI is InChI=1S/C11H11N5O4S/c1-6-3-10(18)15(4-8(6)16(19)20)5-9(17)12-11-14-13-7(2)21-11/h3-4H,5H2,1-2H3,(H,12,14,17). The zero-order valence-corrected chi connectivity index (χ0v) is 12.0. The van der Waals surface area contributed by atoms with Crippen LogP contribution in [-0.4, -0.2) is 25.6 Å². The summed E-state index contributed by atoms with van der Waals surface area (Å²) in [5.41, 5.74) is -0.447. The average molecular weight is 309 g/mol. The van der Waals surface area contributed by atoms with Gasteiger partial charge in [0, 0.05) is 11.6 Å². The molecule has 110 valence electrons. The number of nitrogens with zero attached hydrogens (tertiary/aromatic N) is 4. The van der Waals surface area contributed by atoms with E-state index < -0.39 is 16.4 Å². The van der Waals surface area contributed by atoms with Gasteiger partial charge in [-0.2, -0.15) is 0 Å². The molecule has 0 aliphatic heterocycles. The van der Waals surface area contributed by atoms with Gasteiger partial charge >= 0.3 is 0 Å². The molecule has 21 heavy (non-hydrogen) atoms. The molecule has 1 amide bonds. The number of carbonyl (C=O) groups excluding carboxylic acids is 1. The molecular weight excluding hydrogens is 298 g/mol. The summed E-state index contributed by atoms with van der Waals surface area (Å²) in [6.45, 7) is 2.87.